The van der Waals surface area contributed by atoms with Gasteiger partial charge >= 0.3 is 12.1 Å². The first-order valence-corrected chi connectivity index (χ1v) is 11.2. The van der Waals surface area contributed by atoms with E-state index in [-0.39, 0.29) is 23.6 Å². The van der Waals surface area contributed by atoms with E-state index < -0.39 is 11.9 Å². The standard InChI is InChI=1S/C24H28ClFN2O4/c1-3-31-23(29)16-28(2)13-6-7-18(28)12-14-32-24(30)27-22-9-5-4-8-19(22)17-10-11-21(26)20(25)15-17/h4-5,8-11,15,18H,3,6-7,12-14,16H2,1-2H3/p+1. The fraction of sp³-hybridized carbons (Fsp3) is 0.417. The summed E-state index contributed by atoms with van der Waals surface area (Å²) in [6.45, 7) is 3.66. The first kappa shape index (κ1) is 24.0. The number of para-hydroxylation sites is 1. The van der Waals surface area contributed by atoms with Gasteiger partial charge in [0.05, 0.1) is 43.6 Å². The van der Waals surface area contributed by atoms with Crippen LogP contribution < -0.4 is 5.32 Å². The van der Waals surface area contributed by atoms with Crippen LogP contribution in [0.5, 0.6) is 0 Å². The van der Waals surface area contributed by atoms with Gasteiger partial charge < -0.3 is 14.0 Å². The summed E-state index contributed by atoms with van der Waals surface area (Å²) in [4.78, 5) is 24.4. The Balaban J connectivity index is 1.57. The first-order chi connectivity index (χ1) is 15.3. The Kier molecular flexibility index (Phi) is 8.10. The second-order valence-corrected chi connectivity index (χ2v) is 8.59. The second kappa shape index (κ2) is 10.8. The van der Waals surface area contributed by atoms with Gasteiger partial charge in [-0.2, -0.15) is 0 Å². The number of hydrogen-bond donors (Lipinski definition) is 1. The molecule has 0 bridgehead atoms. The molecule has 2 aromatic carbocycles. The SMILES string of the molecule is CCOC(=O)C[N+]1(C)CCCC1CCOC(=O)Nc1ccccc1-c1ccc(F)c(Cl)c1. The van der Waals surface area contributed by atoms with Crippen molar-refractivity contribution in [3.63, 3.8) is 0 Å². The van der Waals surface area contributed by atoms with E-state index >= 15 is 0 Å². The Hall–Kier alpha value is -2.64. The molecule has 1 aliphatic heterocycles. The molecule has 6 nitrogen and oxygen atoms in total. The molecule has 2 unspecified atom stereocenters. The van der Waals surface area contributed by atoms with Gasteiger partial charge in [0.2, 0.25) is 0 Å². The van der Waals surface area contributed by atoms with Crippen molar-refractivity contribution in [1.29, 1.82) is 0 Å². The molecular formula is C24H29ClFN2O4+. The fourth-order valence-electron chi connectivity index (χ4n) is 4.29. The lowest BCUT2D eigenvalue weighted by Crippen LogP contribution is -2.51. The van der Waals surface area contributed by atoms with E-state index in [9.17, 15) is 14.0 Å². The van der Waals surface area contributed by atoms with Gasteiger partial charge in [-0.15, -0.1) is 0 Å². The Labute approximate surface area is 192 Å². The van der Waals surface area contributed by atoms with Crippen LogP contribution in [0.25, 0.3) is 11.1 Å². The molecule has 1 N–H and O–H groups in total. The molecule has 3 rings (SSSR count). The smallest absolute Gasteiger partial charge is 0.411 e. The zero-order chi connectivity index (χ0) is 23.1. The third-order valence-electron chi connectivity index (χ3n) is 5.96. The second-order valence-electron chi connectivity index (χ2n) is 8.19. The number of halogens is 2. The molecular weight excluding hydrogens is 435 g/mol. The number of likely N-dealkylation sites (N-methyl/N-ethyl adjacent to an activating group) is 1. The highest BCUT2D eigenvalue weighted by Crippen LogP contribution is 2.31. The van der Waals surface area contributed by atoms with Gasteiger partial charge in [-0.3, -0.25) is 5.32 Å². The van der Waals surface area contributed by atoms with E-state index in [0.29, 0.717) is 40.9 Å². The topological polar surface area (TPSA) is 64.6 Å². The maximum absolute atomic E-state index is 13.5. The van der Waals surface area contributed by atoms with Crippen LogP contribution in [0.2, 0.25) is 5.02 Å². The van der Waals surface area contributed by atoms with E-state index in [1.165, 1.54) is 12.1 Å². The molecule has 0 radical (unpaired) electrons. The van der Waals surface area contributed by atoms with Gasteiger partial charge in [-0.1, -0.05) is 35.9 Å². The molecule has 0 aliphatic carbocycles. The molecule has 32 heavy (non-hydrogen) atoms. The van der Waals surface area contributed by atoms with Crippen molar-refractivity contribution in [2.24, 2.45) is 0 Å². The number of nitrogens with zero attached hydrogens (tertiary/aromatic N) is 1. The molecule has 1 heterocycles. The van der Waals surface area contributed by atoms with E-state index in [0.717, 1.165) is 19.4 Å². The van der Waals surface area contributed by atoms with Gasteiger partial charge in [-0.05, 0) is 30.7 Å². The quantitative estimate of drug-likeness (QED) is 0.428. The average Bonchev–Trinajstić information content (AvgIpc) is 3.10. The molecule has 1 aliphatic rings. The zero-order valence-electron chi connectivity index (χ0n) is 18.4. The highest BCUT2D eigenvalue weighted by Gasteiger charge is 2.39. The number of carbonyl (C=O) groups excluding carboxylic acids is 2. The molecule has 0 spiro atoms. The van der Waals surface area contributed by atoms with Gasteiger partial charge in [0, 0.05) is 24.8 Å². The minimum absolute atomic E-state index is 0.0143. The normalized spacial score (nSPS) is 20.1. The number of rotatable bonds is 8. The van der Waals surface area contributed by atoms with Crippen LogP contribution in [0.1, 0.15) is 26.2 Å². The van der Waals surface area contributed by atoms with Gasteiger partial charge in [-0.25, -0.2) is 14.0 Å². The van der Waals surface area contributed by atoms with Crippen LogP contribution in [0.4, 0.5) is 14.9 Å². The zero-order valence-corrected chi connectivity index (χ0v) is 19.2. The molecule has 2 atom stereocenters. The predicted molar refractivity (Wildman–Crippen MR) is 122 cm³/mol. The third-order valence-corrected chi connectivity index (χ3v) is 6.25. The molecule has 2 aromatic rings. The minimum atomic E-state index is -0.566. The van der Waals surface area contributed by atoms with Gasteiger partial charge in [0.25, 0.3) is 0 Å². The molecule has 0 saturated carbocycles. The van der Waals surface area contributed by atoms with Crippen LogP contribution in [0.15, 0.2) is 42.5 Å². The first-order valence-electron chi connectivity index (χ1n) is 10.8. The number of carbonyl (C=O) groups is 2. The average molecular weight is 464 g/mol. The number of amides is 1. The maximum atomic E-state index is 13.5. The van der Waals surface area contributed by atoms with Crippen molar-refractivity contribution < 1.29 is 27.9 Å². The summed E-state index contributed by atoms with van der Waals surface area (Å²) in [5, 5.41) is 2.78. The predicted octanol–water partition coefficient (Wildman–Crippen LogP) is 5.26. The summed E-state index contributed by atoms with van der Waals surface area (Å²) in [6, 6.07) is 11.8. The highest BCUT2D eigenvalue weighted by atomic mass is 35.5. The van der Waals surface area contributed by atoms with Crippen molar-refractivity contribution in [2.75, 3.05) is 38.7 Å². The molecule has 1 amide bonds. The lowest BCUT2D eigenvalue weighted by molar-refractivity contribution is -0.914. The largest absolute Gasteiger partial charge is 0.462 e. The summed E-state index contributed by atoms with van der Waals surface area (Å²) in [7, 11) is 2.05. The Morgan fingerprint density at radius 3 is 2.75 bits per heavy atom. The number of anilines is 1. The third kappa shape index (κ3) is 5.99. The number of ether oxygens (including phenoxy) is 2. The lowest BCUT2D eigenvalue weighted by Gasteiger charge is -2.35. The van der Waals surface area contributed by atoms with Crippen molar-refractivity contribution in [3.05, 3.63) is 53.3 Å². The number of likely N-dealkylation sites (tertiary alicyclic amines) is 1. The Morgan fingerprint density at radius 2 is 2.00 bits per heavy atom. The monoisotopic (exact) mass is 463 g/mol. The molecule has 1 fully saturated rings. The van der Waals surface area contributed by atoms with E-state index in [2.05, 4.69) is 12.4 Å². The van der Waals surface area contributed by atoms with Crippen molar-refractivity contribution >= 4 is 29.4 Å². The molecule has 0 aromatic heterocycles. The fourth-order valence-corrected chi connectivity index (χ4v) is 4.47. The number of benzene rings is 2. The van der Waals surface area contributed by atoms with Crippen LogP contribution in [0, 0.1) is 5.82 Å². The highest BCUT2D eigenvalue weighted by molar-refractivity contribution is 6.31. The van der Waals surface area contributed by atoms with Crippen molar-refractivity contribution in [2.45, 2.75) is 32.2 Å². The Bertz CT molecular complexity index is 971. The summed E-state index contributed by atoms with van der Waals surface area (Å²) in [5.74, 6) is -0.696. The van der Waals surface area contributed by atoms with Crippen LogP contribution in [-0.2, 0) is 14.3 Å². The summed E-state index contributed by atoms with van der Waals surface area (Å²) in [5.41, 5.74) is 1.94. The van der Waals surface area contributed by atoms with Crippen molar-refractivity contribution in [3.8, 4) is 11.1 Å². The molecule has 8 heteroatoms. The van der Waals surface area contributed by atoms with E-state index in [1.54, 1.807) is 25.1 Å². The lowest BCUT2D eigenvalue weighted by atomic mass is 10.0. The van der Waals surface area contributed by atoms with E-state index in [4.69, 9.17) is 21.1 Å². The number of hydrogen-bond acceptors (Lipinski definition) is 4. The van der Waals surface area contributed by atoms with Crippen LogP contribution in [0.3, 0.4) is 0 Å². The molecule has 172 valence electrons. The van der Waals surface area contributed by atoms with Crippen LogP contribution in [-0.4, -0.2) is 55.9 Å². The van der Waals surface area contributed by atoms with Gasteiger partial charge in [0.1, 0.15) is 5.82 Å². The van der Waals surface area contributed by atoms with E-state index in [1.807, 2.05) is 12.1 Å². The van der Waals surface area contributed by atoms with Crippen molar-refractivity contribution in [1.82, 2.24) is 0 Å². The maximum Gasteiger partial charge on any atom is 0.411 e. The summed E-state index contributed by atoms with van der Waals surface area (Å²) >= 11 is 5.91. The molecule has 1 saturated heterocycles. The number of esters is 1. The van der Waals surface area contributed by atoms with Gasteiger partial charge in [0.15, 0.2) is 6.54 Å². The Morgan fingerprint density at radius 1 is 1.22 bits per heavy atom. The minimum Gasteiger partial charge on any atom is -0.462 e. The number of quaternary nitrogens is 1. The number of nitrogens with one attached hydrogen (secondary N) is 1. The summed E-state index contributed by atoms with van der Waals surface area (Å²) < 4.78 is 24.7. The summed E-state index contributed by atoms with van der Waals surface area (Å²) in [6.07, 6.45) is 2.11. The van der Waals surface area contributed by atoms with Crippen LogP contribution >= 0.6 is 11.6 Å².